The summed E-state index contributed by atoms with van der Waals surface area (Å²) in [5, 5.41) is 23.8. The lowest BCUT2D eigenvalue weighted by Crippen LogP contribution is -2.46. The molecule has 0 rings (SSSR count). The quantitative estimate of drug-likeness (QED) is 0.0322. The van der Waals surface area contributed by atoms with Gasteiger partial charge in [0.05, 0.1) is 25.2 Å². The predicted molar refractivity (Wildman–Crippen MR) is 264 cm³/mol. The van der Waals surface area contributed by atoms with Gasteiger partial charge in [0.1, 0.15) is 6.10 Å². The number of aliphatic hydroxyl groups excluding tert-OH is 2. The van der Waals surface area contributed by atoms with Gasteiger partial charge in [-0.25, -0.2) is 0 Å². The van der Waals surface area contributed by atoms with E-state index in [-0.39, 0.29) is 24.9 Å². The highest BCUT2D eigenvalue weighted by molar-refractivity contribution is 5.77. The average molecular weight is 856 g/mol. The number of esters is 1. The normalized spacial score (nSPS) is 13.6. The Morgan fingerprint density at radius 1 is 0.475 bits per heavy atom. The van der Waals surface area contributed by atoms with Gasteiger partial charge in [0, 0.05) is 6.42 Å². The molecule has 0 saturated carbocycles. The van der Waals surface area contributed by atoms with Crippen LogP contribution in [0.4, 0.5) is 0 Å². The molecule has 0 aliphatic rings. The van der Waals surface area contributed by atoms with Crippen molar-refractivity contribution in [2.45, 2.75) is 283 Å². The van der Waals surface area contributed by atoms with Crippen molar-refractivity contribution in [1.29, 1.82) is 0 Å². The Labute approximate surface area is 378 Å². The third-order valence-electron chi connectivity index (χ3n) is 11.9. The van der Waals surface area contributed by atoms with E-state index in [0.29, 0.717) is 25.7 Å². The van der Waals surface area contributed by atoms with Crippen molar-refractivity contribution < 1.29 is 24.5 Å². The van der Waals surface area contributed by atoms with E-state index in [1.165, 1.54) is 148 Å². The summed E-state index contributed by atoms with van der Waals surface area (Å²) < 4.78 is 5.89. The van der Waals surface area contributed by atoms with E-state index in [1.807, 2.05) is 0 Å². The van der Waals surface area contributed by atoms with Crippen LogP contribution in [0.5, 0.6) is 0 Å². The van der Waals surface area contributed by atoms with Crippen LogP contribution >= 0.6 is 0 Å². The van der Waals surface area contributed by atoms with Gasteiger partial charge >= 0.3 is 5.97 Å². The van der Waals surface area contributed by atoms with Crippen LogP contribution in [0.15, 0.2) is 48.6 Å². The molecule has 0 aliphatic carbocycles. The van der Waals surface area contributed by atoms with Gasteiger partial charge in [0.15, 0.2) is 0 Å². The monoisotopic (exact) mass is 856 g/mol. The molecule has 0 bridgehead atoms. The van der Waals surface area contributed by atoms with Crippen molar-refractivity contribution in [3.63, 3.8) is 0 Å². The van der Waals surface area contributed by atoms with Gasteiger partial charge in [0.25, 0.3) is 0 Å². The first-order valence-corrected chi connectivity index (χ1v) is 26.4. The van der Waals surface area contributed by atoms with E-state index >= 15 is 0 Å². The van der Waals surface area contributed by atoms with Crippen LogP contribution in [0, 0.1) is 0 Å². The molecule has 0 saturated heterocycles. The second kappa shape index (κ2) is 48.8. The van der Waals surface area contributed by atoms with E-state index in [4.69, 9.17) is 4.74 Å². The molecule has 61 heavy (non-hydrogen) atoms. The highest BCUT2D eigenvalue weighted by Crippen LogP contribution is 2.18. The van der Waals surface area contributed by atoms with Crippen LogP contribution < -0.4 is 5.32 Å². The van der Waals surface area contributed by atoms with Gasteiger partial charge in [-0.15, -0.1) is 0 Å². The summed E-state index contributed by atoms with van der Waals surface area (Å²) in [5.41, 5.74) is 0. The van der Waals surface area contributed by atoms with E-state index < -0.39 is 18.2 Å². The number of allylic oxidation sites excluding steroid dienone is 8. The van der Waals surface area contributed by atoms with Crippen molar-refractivity contribution in [2.24, 2.45) is 0 Å². The molecule has 0 radical (unpaired) electrons. The molecule has 6 nitrogen and oxygen atoms in total. The summed E-state index contributed by atoms with van der Waals surface area (Å²) in [6.45, 7) is 6.44. The molecule has 356 valence electrons. The summed E-state index contributed by atoms with van der Waals surface area (Å²) in [6, 6.07) is -0.710. The Balaban J connectivity index is 4.51. The lowest BCUT2D eigenvalue weighted by atomic mass is 10.0. The molecule has 3 N–H and O–H groups in total. The number of carbonyl (C=O) groups excluding carboxylic acids is 2. The number of amides is 1. The van der Waals surface area contributed by atoms with E-state index in [9.17, 15) is 19.8 Å². The first-order valence-electron chi connectivity index (χ1n) is 26.4. The van der Waals surface area contributed by atoms with Crippen molar-refractivity contribution >= 4 is 11.9 Å². The highest BCUT2D eigenvalue weighted by atomic mass is 16.5. The lowest BCUT2D eigenvalue weighted by Gasteiger charge is -2.24. The zero-order valence-electron chi connectivity index (χ0n) is 40.5. The van der Waals surface area contributed by atoms with Gasteiger partial charge < -0.3 is 20.3 Å². The number of hydrogen-bond donors (Lipinski definition) is 3. The van der Waals surface area contributed by atoms with Crippen molar-refractivity contribution in [3.05, 3.63) is 48.6 Å². The minimum Gasteiger partial charge on any atom is -0.462 e. The maximum Gasteiger partial charge on any atom is 0.306 e. The van der Waals surface area contributed by atoms with Crippen molar-refractivity contribution in [3.8, 4) is 0 Å². The lowest BCUT2D eigenvalue weighted by molar-refractivity contribution is -0.151. The fourth-order valence-electron chi connectivity index (χ4n) is 7.89. The SMILES string of the molecule is CCCCC/C=C\C/C=C\C/C=C\C/C=C\CCCC(=O)OC(CCCCCCCCCCC)CC(=O)NC(CO)C(O)CCCCCCCCCCCCCCCCCC. The van der Waals surface area contributed by atoms with Gasteiger partial charge in [-0.1, -0.05) is 236 Å². The fraction of sp³-hybridized carbons (Fsp3) is 0.818. The largest absolute Gasteiger partial charge is 0.462 e. The van der Waals surface area contributed by atoms with Crippen molar-refractivity contribution in [2.75, 3.05) is 6.61 Å². The van der Waals surface area contributed by atoms with Crippen LogP contribution in [0.1, 0.15) is 265 Å². The highest BCUT2D eigenvalue weighted by Gasteiger charge is 2.24. The second-order valence-corrected chi connectivity index (χ2v) is 17.9. The van der Waals surface area contributed by atoms with Crippen LogP contribution in [0.25, 0.3) is 0 Å². The van der Waals surface area contributed by atoms with Crippen LogP contribution in [0.2, 0.25) is 0 Å². The first-order chi connectivity index (χ1) is 30.0. The standard InChI is InChI=1S/C55H101NO5/c1-4-7-10-13-16-19-21-23-25-27-29-31-33-36-39-42-45-48-55(60)61-51(46-43-40-37-34-18-15-12-9-6-3)49-54(59)56-52(50-57)53(58)47-44-41-38-35-32-30-28-26-24-22-20-17-14-11-8-5-2/h16,19,23,25,29,31,36,39,51-53,57-58H,4-15,17-18,20-22,24,26-28,30,32-35,37-38,40-50H2,1-3H3,(H,56,59)/b19-16-,25-23-,31-29-,39-36-. The molecule has 6 heteroatoms. The Morgan fingerprint density at radius 3 is 1.26 bits per heavy atom. The Morgan fingerprint density at radius 2 is 0.836 bits per heavy atom. The molecular weight excluding hydrogens is 755 g/mol. The smallest absolute Gasteiger partial charge is 0.306 e. The van der Waals surface area contributed by atoms with Crippen LogP contribution in [0.3, 0.4) is 0 Å². The second-order valence-electron chi connectivity index (χ2n) is 17.9. The first kappa shape index (κ1) is 58.8. The molecule has 0 spiro atoms. The minimum atomic E-state index is -0.795. The summed E-state index contributed by atoms with van der Waals surface area (Å²) in [7, 11) is 0. The Kier molecular flexibility index (Phi) is 47.1. The molecule has 0 heterocycles. The molecule has 3 atom stereocenters. The Bertz CT molecular complexity index is 1050. The van der Waals surface area contributed by atoms with Crippen LogP contribution in [-0.2, 0) is 14.3 Å². The number of hydrogen-bond acceptors (Lipinski definition) is 5. The maximum atomic E-state index is 13.2. The molecule has 1 amide bonds. The van der Waals surface area contributed by atoms with E-state index in [2.05, 4.69) is 74.7 Å². The molecule has 3 unspecified atom stereocenters. The number of aliphatic hydroxyl groups is 2. The zero-order chi connectivity index (χ0) is 44.5. The summed E-state index contributed by atoms with van der Waals surface area (Å²) in [6.07, 6.45) is 58.9. The van der Waals surface area contributed by atoms with E-state index in [1.54, 1.807) is 0 Å². The summed E-state index contributed by atoms with van der Waals surface area (Å²) in [4.78, 5) is 26.1. The predicted octanol–water partition coefficient (Wildman–Crippen LogP) is 15.8. The topological polar surface area (TPSA) is 95.9 Å². The summed E-state index contributed by atoms with van der Waals surface area (Å²) in [5.74, 6) is -0.535. The Hall–Kier alpha value is -2.18. The maximum absolute atomic E-state index is 13.2. The fourth-order valence-corrected chi connectivity index (χ4v) is 7.89. The van der Waals surface area contributed by atoms with Gasteiger partial charge in [-0.3, -0.25) is 9.59 Å². The third kappa shape index (κ3) is 44.2. The molecular formula is C55H101NO5. The van der Waals surface area contributed by atoms with Gasteiger partial charge in [0.2, 0.25) is 5.91 Å². The van der Waals surface area contributed by atoms with Crippen LogP contribution in [-0.4, -0.2) is 46.9 Å². The zero-order valence-corrected chi connectivity index (χ0v) is 40.5. The molecule has 0 aromatic rings. The molecule has 0 aliphatic heterocycles. The minimum absolute atomic E-state index is 0.0577. The van der Waals surface area contributed by atoms with Crippen molar-refractivity contribution in [1.82, 2.24) is 5.32 Å². The number of rotatable bonds is 47. The van der Waals surface area contributed by atoms with Gasteiger partial charge in [-0.2, -0.15) is 0 Å². The number of unbranched alkanes of at least 4 members (excludes halogenated alkanes) is 27. The van der Waals surface area contributed by atoms with Gasteiger partial charge in [-0.05, 0) is 64.2 Å². The molecule has 0 fully saturated rings. The third-order valence-corrected chi connectivity index (χ3v) is 11.9. The van der Waals surface area contributed by atoms with E-state index in [0.717, 1.165) is 64.2 Å². The average Bonchev–Trinajstić information content (AvgIpc) is 3.25. The molecule has 0 aromatic carbocycles. The summed E-state index contributed by atoms with van der Waals surface area (Å²) >= 11 is 0. The molecule has 0 aromatic heterocycles. The number of nitrogens with one attached hydrogen (secondary N) is 1. The number of carbonyl (C=O) groups is 2. The number of ether oxygens (including phenoxy) is 1.